The Kier molecular flexibility index (Phi) is 5.46. The van der Waals surface area contributed by atoms with Gasteiger partial charge in [-0.05, 0) is 53.6 Å². The van der Waals surface area contributed by atoms with Gasteiger partial charge in [-0.25, -0.2) is 0 Å². The number of aryl methyl sites for hydroxylation is 1. The van der Waals surface area contributed by atoms with E-state index in [0.29, 0.717) is 6.42 Å². The van der Waals surface area contributed by atoms with Gasteiger partial charge in [0, 0.05) is 17.7 Å². The first-order chi connectivity index (χ1) is 17.2. The third-order valence-corrected chi connectivity index (χ3v) is 7.21. The number of nitrogens with one attached hydrogen (secondary N) is 2. The number of ketones is 1. The Morgan fingerprint density at radius 1 is 0.657 bits per heavy atom. The zero-order valence-corrected chi connectivity index (χ0v) is 19.8. The fourth-order valence-electron chi connectivity index (χ4n) is 5.32. The molecule has 2 unspecified atom stereocenters. The minimum absolute atomic E-state index is 0.181. The summed E-state index contributed by atoms with van der Waals surface area (Å²) in [5, 5.41) is 7.32. The number of allylic oxidation sites excluding steroid dienone is 1. The van der Waals surface area contributed by atoms with E-state index < -0.39 is 0 Å². The summed E-state index contributed by atoms with van der Waals surface area (Å²) < 4.78 is 0. The van der Waals surface area contributed by atoms with Crippen LogP contribution in [0.3, 0.4) is 0 Å². The van der Waals surface area contributed by atoms with Crippen molar-refractivity contribution in [1.82, 2.24) is 0 Å². The SMILES string of the molecule is Cc1ccc(C2CC(=O)C3=C(C2)Nc2ccccc2NC3c2ccc(-c3ccccc3)cc2)cc1. The second-order valence-corrected chi connectivity index (χ2v) is 9.57. The smallest absolute Gasteiger partial charge is 0.163 e. The standard InChI is InChI=1S/C32H28N2O/c1-21-11-13-24(14-12-21)26-19-29-31(30(35)20-26)32(34-28-10-6-5-9-27(28)33-29)25-17-15-23(16-18-25)22-7-3-2-4-8-22/h2-18,26,32-34H,19-20H2,1H3. The van der Waals surface area contributed by atoms with Crippen LogP contribution in [-0.2, 0) is 4.79 Å². The molecule has 172 valence electrons. The van der Waals surface area contributed by atoms with E-state index >= 15 is 0 Å². The highest BCUT2D eigenvalue weighted by Crippen LogP contribution is 2.44. The number of Topliss-reactive ketones (excluding diaryl/α,β-unsaturated/α-hetero) is 1. The molecule has 2 N–H and O–H groups in total. The summed E-state index contributed by atoms with van der Waals surface area (Å²) >= 11 is 0. The Balaban J connectivity index is 1.40. The molecule has 1 heterocycles. The maximum Gasteiger partial charge on any atom is 0.163 e. The lowest BCUT2D eigenvalue weighted by molar-refractivity contribution is -0.116. The van der Waals surface area contributed by atoms with Crippen molar-refractivity contribution in [3.8, 4) is 11.1 Å². The van der Waals surface area contributed by atoms with Crippen LogP contribution in [0.15, 0.2) is 114 Å². The van der Waals surface area contributed by atoms with E-state index in [1.807, 2.05) is 18.2 Å². The molecule has 0 bridgehead atoms. The summed E-state index contributed by atoms with van der Waals surface area (Å²) in [7, 11) is 0. The molecule has 3 nitrogen and oxygen atoms in total. The van der Waals surface area contributed by atoms with Crippen LogP contribution in [0.4, 0.5) is 11.4 Å². The lowest BCUT2D eigenvalue weighted by Crippen LogP contribution is -2.26. The maximum atomic E-state index is 13.7. The lowest BCUT2D eigenvalue weighted by atomic mass is 9.78. The number of carbonyl (C=O) groups is 1. The number of anilines is 2. The fourth-order valence-corrected chi connectivity index (χ4v) is 5.32. The van der Waals surface area contributed by atoms with E-state index in [0.717, 1.165) is 34.6 Å². The first kappa shape index (κ1) is 21.4. The van der Waals surface area contributed by atoms with Crippen LogP contribution in [0.5, 0.6) is 0 Å². The monoisotopic (exact) mass is 456 g/mol. The van der Waals surface area contributed by atoms with Gasteiger partial charge in [-0.3, -0.25) is 4.79 Å². The summed E-state index contributed by atoms with van der Waals surface area (Å²) in [6.07, 6.45) is 1.35. The molecular formula is C32H28N2O. The second-order valence-electron chi connectivity index (χ2n) is 9.57. The van der Waals surface area contributed by atoms with Gasteiger partial charge in [0.1, 0.15) is 0 Å². The summed E-state index contributed by atoms with van der Waals surface area (Å²) in [5.41, 5.74) is 9.84. The molecule has 3 heteroatoms. The third-order valence-electron chi connectivity index (χ3n) is 7.21. The van der Waals surface area contributed by atoms with Crippen molar-refractivity contribution in [1.29, 1.82) is 0 Å². The predicted octanol–water partition coefficient (Wildman–Crippen LogP) is 7.64. The number of carbonyl (C=O) groups excluding carboxylic acids is 1. The average molecular weight is 457 g/mol. The van der Waals surface area contributed by atoms with E-state index in [2.05, 4.69) is 102 Å². The molecule has 1 aliphatic carbocycles. The van der Waals surface area contributed by atoms with Crippen molar-refractivity contribution in [2.75, 3.05) is 10.6 Å². The number of hydrogen-bond donors (Lipinski definition) is 2. The van der Waals surface area contributed by atoms with Crippen LogP contribution in [0.2, 0.25) is 0 Å². The van der Waals surface area contributed by atoms with E-state index in [1.54, 1.807) is 0 Å². The predicted molar refractivity (Wildman–Crippen MR) is 143 cm³/mol. The fraction of sp³-hybridized carbons (Fsp3) is 0.156. The summed E-state index contributed by atoms with van der Waals surface area (Å²) in [4.78, 5) is 13.7. The molecule has 0 saturated carbocycles. The lowest BCUT2D eigenvalue weighted by Gasteiger charge is -2.30. The second kappa shape index (κ2) is 8.92. The number of hydrogen-bond acceptors (Lipinski definition) is 3. The molecule has 0 radical (unpaired) electrons. The van der Waals surface area contributed by atoms with Crippen LogP contribution in [0, 0.1) is 6.92 Å². The zero-order chi connectivity index (χ0) is 23.8. The van der Waals surface area contributed by atoms with Crippen molar-refractivity contribution in [2.24, 2.45) is 0 Å². The highest BCUT2D eigenvalue weighted by Gasteiger charge is 2.36. The normalized spacial score (nSPS) is 19.2. The Labute approximate surface area is 206 Å². The van der Waals surface area contributed by atoms with Crippen molar-refractivity contribution < 1.29 is 4.79 Å². The Morgan fingerprint density at radius 3 is 2.03 bits per heavy atom. The molecule has 0 aromatic heterocycles. The van der Waals surface area contributed by atoms with E-state index in [4.69, 9.17) is 0 Å². The van der Waals surface area contributed by atoms with Gasteiger partial charge in [0.15, 0.2) is 5.78 Å². The van der Waals surface area contributed by atoms with E-state index in [1.165, 1.54) is 22.3 Å². The first-order valence-corrected chi connectivity index (χ1v) is 12.3. The van der Waals surface area contributed by atoms with Crippen molar-refractivity contribution in [2.45, 2.75) is 31.7 Å². The van der Waals surface area contributed by atoms with Gasteiger partial charge in [-0.2, -0.15) is 0 Å². The number of rotatable bonds is 3. The molecule has 0 spiro atoms. The molecule has 4 aromatic carbocycles. The number of para-hydroxylation sites is 2. The van der Waals surface area contributed by atoms with E-state index in [9.17, 15) is 4.79 Å². The summed E-state index contributed by atoms with van der Waals surface area (Å²) in [6.45, 7) is 2.10. The minimum Gasteiger partial charge on any atom is -0.372 e. The molecule has 0 saturated heterocycles. The van der Waals surface area contributed by atoms with Gasteiger partial charge >= 0.3 is 0 Å². The number of fused-ring (bicyclic) bond motifs is 1. The molecule has 2 atom stereocenters. The van der Waals surface area contributed by atoms with Gasteiger partial charge in [0.05, 0.1) is 17.4 Å². The van der Waals surface area contributed by atoms with Crippen LogP contribution in [0.25, 0.3) is 11.1 Å². The Hall–Kier alpha value is -4.11. The minimum atomic E-state index is -0.197. The average Bonchev–Trinajstić information content (AvgIpc) is 3.07. The maximum absolute atomic E-state index is 13.7. The molecule has 0 amide bonds. The molecule has 1 aliphatic heterocycles. The molecule has 2 aliphatic rings. The molecule has 6 rings (SSSR count). The molecule has 4 aromatic rings. The largest absolute Gasteiger partial charge is 0.372 e. The highest BCUT2D eigenvalue weighted by atomic mass is 16.1. The quantitative estimate of drug-likeness (QED) is 0.333. The number of benzene rings is 4. The topological polar surface area (TPSA) is 41.1 Å². The Morgan fingerprint density at radius 2 is 1.29 bits per heavy atom. The summed E-state index contributed by atoms with van der Waals surface area (Å²) in [6, 6.07) is 35.6. The van der Waals surface area contributed by atoms with Crippen molar-refractivity contribution >= 4 is 17.2 Å². The third kappa shape index (κ3) is 4.15. The molecule has 0 fully saturated rings. The van der Waals surface area contributed by atoms with Crippen LogP contribution in [0.1, 0.15) is 41.5 Å². The van der Waals surface area contributed by atoms with E-state index in [-0.39, 0.29) is 17.7 Å². The van der Waals surface area contributed by atoms with Gasteiger partial charge in [-0.1, -0.05) is 96.6 Å². The van der Waals surface area contributed by atoms with Gasteiger partial charge in [0.2, 0.25) is 0 Å². The van der Waals surface area contributed by atoms with Crippen LogP contribution < -0.4 is 10.6 Å². The van der Waals surface area contributed by atoms with Crippen LogP contribution >= 0.6 is 0 Å². The molecule has 35 heavy (non-hydrogen) atoms. The van der Waals surface area contributed by atoms with Crippen LogP contribution in [-0.4, -0.2) is 5.78 Å². The highest BCUT2D eigenvalue weighted by molar-refractivity contribution is 6.01. The van der Waals surface area contributed by atoms with Gasteiger partial charge in [0.25, 0.3) is 0 Å². The zero-order valence-electron chi connectivity index (χ0n) is 19.8. The van der Waals surface area contributed by atoms with Gasteiger partial charge in [-0.15, -0.1) is 0 Å². The van der Waals surface area contributed by atoms with Gasteiger partial charge < -0.3 is 10.6 Å². The molecular weight excluding hydrogens is 428 g/mol. The summed E-state index contributed by atoms with van der Waals surface area (Å²) in [5.74, 6) is 0.391. The Bertz CT molecular complexity index is 1400. The van der Waals surface area contributed by atoms with Crippen molar-refractivity contribution in [3.05, 3.63) is 131 Å². The first-order valence-electron chi connectivity index (χ1n) is 12.3. The van der Waals surface area contributed by atoms with Crippen molar-refractivity contribution in [3.63, 3.8) is 0 Å².